The number of nitrogens with zero attached hydrogens (tertiary/aromatic N) is 3. The molecule has 2 N–H and O–H groups in total. The van der Waals surface area contributed by atoms with Gasteiger partial charge in [-0.1, -0.05) is 12.1 Å². The van der Waals surface area contributed by atoms with E-state index in [2.05, 4.69) is 9.88 Å². The molecule has 0 unspecified atom stereocenters. The van der Waals surface area contributed by atoms with Crippen LogP contribution >= 0.6 is 0 Å². The van der Waals surface area contributed by atoms with E-state index >= 15 is 0 Å². The second-order valence-corrected chi connectivity index (χ2v) is 14.4. The number of likely N-dealkylation sites (N-methyl/N-ethyl adjacent to an activating group) is 1. The van der Waals surface area contributed by atoms with E-state index in [0.717, 1.165) is 16.4 Å². The molecule has 1 amide bonds. The van der Waals surface area contributed by atoms with E-state index in [4.69, 9.17) is 9.26 Å². The van der Waals surface area contributed by atoms with Gasteiger partial charge in [0.25, 0.3) is 10.0 Å². The molecule has 3 aromatic rings. The van der Waals surface area contributed by atoms with Crippen molar-refractivity contribution in [3.63, 3.8) is 0 Å². The van der Waals surface area contributed by atoms with Crippen LogP contribution in [0.1, 0.15) is 30.9 Å². The Hall–Kier alpha value is -3.53. The van der Waals surface area contributed by atoms with Crippen molar-refractivity contribution in [2.45, 2.75) is 56.1 Å². The van der Waals surface area contributed by atoms with Crippen molar-refractivity contribution < 1.29 is 40.4 Å². The highest BCUT2D eigenvalue weighted by atomic mass is 32.2. The van der Waals surface area contributed by atoms with Gasteiger partial charge in [0.15, 0.2) is 10.7 Å². The molecule has 0 fully saturated rings. The van der Waals surface area contributed by atoms with Gasteiger partial charge in [-0.3, -0.25) is 9.52 Å². The lowest BCUT2D eigenvalue weighted by Crippen LogP contribution is -2.48. The summed E-state index contributed by atoms with van der Waals surface area (Å²) in [6.07, 6.45) is -0.924. The maximum atomic E-state index is 13.5. The van der Waals surface area contributed by atoms with Gasteiger partial charge in [-0.05, 0) is 63.2 Å². The summed E-state index contributed by atoms with van der Waals surface area (Å²) >= 11 is 0. The number of aryl methyl sites for hydroxylation is 2. The lowest BCUT2D eigenvalue weighted by Gasteiger charge is -2.33. The number of aliphatic hydroxyl groups excluding tert-OH is 1. The molecular weight excluding hydrogens is 603 g/mol. The van der Waals surface area contributed by atoms with Crippen molar-refractivity contribution in [1.29, 1.82) is 0 Å². The summed E-state index contributed by atoms with van der Waals surface area (Å²) < 4.78 is 81.1. The van der Waals surface area contributed by atoms with E-state index < -0.39 is 43.9 Å². The first-order valence-corrected chi connectivity index (χ1v) is 16.4. The minimum absolute atomic E-state index is 0.0894. The number of carbonyl (C=O) groups excluding carboxylic acids is 1. The van der Waals surface area contributed by atoms with Gasteiger partial charge in [0, 0.05) is 30.8 Å². The molecule has 0 bridgehead atoms. The van der Waals surface area contributed by atoms with Crippen LogP contribution in [0, 0.1) is 25.6 Å². The normalized spacial score (nSPS) is 18.8. The lowest BCUT2D eigenvalue weighted by molar-refractivity contribution is -0.134. The van der Waals surface area contributed by atoms with Crippen molar-refractivity contribution in [3.05, 3.63) is 65.3 Å². The average Bonchev–Trinajstić information content (AvgIpc) is 3.31. The summed E-state index contributed by atoms with van der Waals surface area (Å²) in [5, 5.41) is 13.6. The largest absolute Gasteiger partial charge is 0.488 e. The predicted octanol–water partition coefficient (Wildman–Crippen LogP) is 2.70. The number of fused-ring (bicyclic) bond motifs is 1. The summed E-state index contributed by atoms with van der Waals surface area (Å²) in [7, 11) is -6.70. The third-order valence-corrected chi connectivity index (χ3v) is 10.8. The SMILES string of the molecule is Cc1noc(C)c1S(=O)(=O)Nc1ccc2c(c1)CC(=O)N([C@H](C)CO)C[C@@H](C)[C@H](CN(C)S(=O)(=O)c1ccc(F)cc1)O2. The Labute approximate surface area is 250 Å². The van der Waals surface area contributed by atoms with Gasteiger partial charge in [-0.25, -0.2) is 21.2 Å². The molecule has 1 aliphatic heterocycles. The van der Waals surface area contributed by atoms with Gasteiger partial charge in [-0.15, -0.1) is 0 Å². The summed E-state index contributed by atoms with van der Waals surface area (Å²) in [5.74, 6) is -0.889. The lowest BCUT2D eigenvalue weighted by atomic mass is 10.0. The summed E-state index contributed by atoms with van der Waals surface area (Å²) in [6.45, 7) is 6.24. The highest BCUT2D eigenvalue weighted by molar-refractivity contribution is 7.92. The number of rotatable bonds is 9. The minimum atomic E-state index is -4.08. The maximum absolute atomic E-state index is 13.5. The topological polar surface area (TPSA) is 159 Å². The summed E-state index contributed by atoms with van der Waals surface area (Å²) in [5.41, 5.74) is 0.718. The number of nitrogens with one attached hydrogen (secondary N) is 1. The van der Waals surface area contributed by atoms with E-state index in [1.807, 2.05) is 6.92 Å². The number of sulfonamides is 2. The molecule has 0 radical (unpaired) electrons. The summed E-state index contributed by atoms with van der Waals surface area (Å²) in [4.78, 5) is 14.8. The standard InChI is InChI=1S/C28H35FN4O8S2/c1-17-14-33(18(2)16-34)27(35)13-21-12-23(31-42(36,37)28-19(3)30-41-20(28)4)8-11-25(21)40-26(17)15-32(5)43(38,39)24-9-6-22(29)7-10-24/h6-12,17-18,26,31,34H,13-16H2,1-5H3/t17-,18-,26+/m1/s1. The van der Waals surface area contributed by atoms with Gasteiger partial charge in [0.1, 0.15) is 23.4 Å². The number of amides is 1. The van der Waals surface area contributed by atoms with E-state index in [1.165, 1.54) is 56.1 Å². The van der Waals surface area contributed by atoms with Crippen LogP contribution in [0.2, 0.25) is 0 Å². The van der Waals surface area contributed by atoms with Crippen LogP contribution in [0.15, 0.2) is 56.8 Å². The molecule has 234 valence electrons. The predicted molar refractivity (Wildman–Crippen MR) is 155 cm³/mol. The zero-order chi connectivity index (χ0) is 31.7. The molecule has 0 aliphatic carbocycles. The van der Waals surface area contributed by atoms with Crippen molar-refractivity contribution in [1.82, 2.24) is 14.4 Å². The number of ether oxygens (including phenoxy) is 1. The fourth-order valence-corrected chi connectivity index (χ4v) is 7.48. The van der Waals surface area contributed by atoms with Crippen molar-refractivity contribution in [3.8, 4) is 5.75 Å². The first kappa shape index (κ1) is 32.4. The fourth-order valence-electron chi connectivity index (χ4n) is 4.91. The molecule has 43 heavy (non-hydrogen) atoms. The first-order valence-electron chi connectivity index (χ1n) is 13.5. The van der Waals surface area contributed by atoms with Crippen LogP contribution in [0.5, 0.6) is 5.75 Å². The molecule has 1 aliphatic rings. The van der Waals surface area contributed by atoms with Crippen molar-refractivity contribution >= 4 is 31.6 Å². The van der Waals surface area contributed by atoms with Crippen LogP contribution < -0.4 is 9.46 Å². The Balaban J connectivity index is 1.69. The van der Waals surface area contributed by atoms with Crippen LogP contribution in [0.3, 0.4) is 0 Å². The van der Waals surface area contributed by atoms with E-state index in [0.29, 0.717) is 5.56 Å². The van der Waals surface area contributed by atoms with E-state index in [9.17, 15) is 31.1 Å². The van der Waals surface area contributed by atoms with Crippen molar-refractivity contribution in [2.75, 3.05) is 31.5 Å². The molecule has 0 spiro atoms. The number of hydrogen-bond acceptors (Lipinski definition) is 9. The third kappa shape index (κ3) is 7.00. The second-order valence-electron chi connectivity index (χ2n) is 10.7. The smallest absolute Gasteiger partial charge is 0.267 e. The van der Waals surface area contributed by atoms with Gasteiger partial charge in [0.2, 0.25) is 15.9 Å². The highest BCUT2D eigenvalue weighted by Gasteiger charge is 2.34. The Morgan fingerprint density at radius 2 is 1.84 bits per heavy atom. The number of hydrogen-bond donors (Lipinski definition) is 2. The third-order valence-electron chi connectivity index (χ3n) is 7.36. The molecule has 2 heterocycles. The number of aromatic nitrogens is 1. The van der Waals surface area contributed by atoms with E-state index in [-0.39, 0.29) is 64.7 Å². The molecule has 15 heteroatoms. The average molecular weight is 639 g/mol. The van der Waals surface area contributed by atoms with Crippen LogP contribution in [-0.4, -0.2) is 81.1 Å². The number of anilines is 1. The minimum Gasteiger partial charge on any atom is -0.488 e. The van der Waals surface area contributed by atoms with E-state index in [1.54, 1.807) is 6.92 Å². The van der Waals surface area contributed by atoms with Gasteiger partial charge in [0.05, 0.1) is 30.5 Å². The molecule has 1 aromatic heterocycles. The Bertz CT molecular complexity index is 1670. The molecule has 2 aromatic carbocycles. The van der Waals surface area contributed by atoms with Crippen LogP contribution in [0.25, 0.3) is 0 Å². The maximum Gasteiger partial charge on any atom is 0.267 e. The van der Waals surface area contributed by atoms with Gasteiger partial charge in [-0.2, -0.15) is 4.31 Å². The zero-order valence-electron chi connectivity index (χ0n) is 24.4. The molecule has 0 saturated carbocycles. The Kier molecular flexibility index (Phi) is 9.49. The Morgan fingerprint density at radius 3 is 2.44 bits per heavy atom. The number of halogens is 1. The molecule has 12 nitrogen and oxygen atoms in total. The van der Waals surface area contributed by atoms with Crippen molar-refractivity contribution in [2.24, 2.45) is 5.92 Å². The molecule has 4 rings (SSSR count). The number of benzene rings is 2. The number of aliphatic hydroxyl groups is 1. The van der Waals surface area contributed by atoms with Crippen LogP contribution in [0.4, 0.5) is 10.1 Å². The monoisotopic (exact) mass is 638 g/mol. The van der Waals surface area contributed by atoms with Crippen LogP contribution in [-0.2, 0) is 31.3 Å². The second kappa shape index (κ2) is 12.6. The Morgan fingerprint density at radius 1 is 1.16 bits per heavy atom. The highest BCUT2D eigenvalue weighted by Crippen LogP contribution is 2.31. The molecule has 0 saturated heterocycles. The van der Waals surface area contributed by atoms with Gasteiger partial charge >= 0.3 is 0 Å². The fraction of sp³-hybridized carbons (Fsp3) is 0.429. The molecular formula is C28H35FN4O8S2. The zero-order valence-corrected chi connectivity index (χ0v) is 26.1. The van der Waals surface area contributed by atoms with Gasteiger partial charge < -0.3 is 19.3 Å². The molecule has 3 atom stereocenters. The first-order chi connectivity index (χ1) is 20.1. The quantitative estimate of drug-likeness (QED) is 0.359. The summed E-state index contributed by atoms with van der Waals surface area (Å²) in [6, 6.07) is 8.42. The number of carbonyl (C=O) groups is 1.